The molecule has 2 unspecified atom stereocenters. The Morgan fingerprint density at radius 1 is 1.44 bits per heavy atom. The molecule has 1 fully saturated rings. The molecule has 98 valence electrons. The molecule has 0 radical (unpaired) electrons. The van der Waals surface area contributed by atoms with Gasteiger partial charge in [0.1, 0.15) is 0 Å². The van der Waals surface area contributed by atoms with Crippen molar-refractivity contribution < 1.29 is 4.79 Å². The van der Waals surface area contributed by atoms with Crippen LogP contribution < -0.4 is 0 Å². The largest absolute Gasteiger partial charge is 0.333 e. The van der Waals surface area contributed by atoms with E-state index in [2.05, 4.69) is 34.7 Å². The van der Waals surface area contributed by atoms with Crippen molar-refractivity contribution in [2.24, 2.45) is 0 Å². The molecule has 18 heavy (non-hydrogen) atoms. The fourth-order valence-corrected chi connectivity index (χ4v) is 3.43. The Labute approximate surface area is 117 Å². The Morgan fingerprint density at radius 2 is 2.17 bits per heavy atom. The van der Waals surface area contributed by atoms with E-state index in [1.54, 1.807) is 0 Å². The molecule has 0 N–H and O–H groups in total. The number of hydrogen-bond donors (Lipinski definition) is 0. The molecule has 1 aliphatic rings. The lowest BCUT2D eigenvalue weighted by atomic mass is 10.1. The first-order chi connectivity index (χ1) is 8.54. The zero-order valence-electron chi connectivity index (χ0n) is 11.2. The van der Waals surface area contributed by atoms with Crippen LogP contribution >= 0.6 is 15.9 Å². The minimum atomic E-state index is 0.165. The molecule has 1 aromatic carbocycles. The van der Waals surface area contributed by atoms with Gasteiger partial charge in [0.25, 0.3) is 5.91 Å². The van der Waals surface area contributed by atoms with Crippen LogP contribution in [-0.4, -0.2) is 22.9 Å². The molecule has 1 aromatic rings. The number of hydrogen-bond acceptors (Lipinski definition) is 1. The van der Waals surface area contributed by atoms with Gasteiger partial charge in [0, 0.05) is 16.6 Å². The number of carbonyl (C=O) groups excluding carboxylic acids is 1. The maximum atomic E-state index is 12.7. The van der Waals surface area contributed by atoms with E-state index < -0.39 is 0 Å². The van der Waals surface area contributed by atoms with Gasteiger partial charge in [0.15, 0.2) is 0 Å². The van der Waals surface area contributed by atoms with Gasteiger partial charge >= 0.3 is 0 Å². The van der Waals surface area contributed by atoms with E-state index in [9.17, 15) is 4.79 Å². The molecule has 1 saturated heterocycles. The van der Waals surface area contributed by atoms with Crippen LogP contribution in [0.4, 0.5) is 0 Å². The van der Waals surface area contributed by atoms with Crippen molar-refractivity contribution in [3.8, 4) is 0 Å². The van der Waals surface area contributed by atoms with E-state index in [0.29, 0.717) is 12.1 Å². The predicted molar refractivity (Wildman–Crippen MR) is 77.8 cm³/mol. The third-order valence-electron chi connectivity index (χ3n) is 3.85. The third-order valence-corrected chi connectivity index (χ3v) is 4.50. The summed E-state index contributed by atoms with van der Waals surface area (Å²) in [4.78, 5) is 14.7. The van der Waals surface area contributed by atoms with Crippen LogP contribution in [0.25, 0.3) is 0 Å². The van der Waals surface area contributed by atoms with Gasteiger partial charge in [-0.25, -0.2) is 0 Å². The van der Waals surface area contributed by atoms with E-state index in [-0.39, 0.29) is 5.91 Å². The number of benzene rings is 1. The number of amides is 1. The second-order valence-electron chi connectivity index (χ2n) is 5.18. The molecule has 2 nitrogen and oxygen atoms in total. The van der Waals surface area contributed by atoms with Crippen LogP contribution in [0.2, 0.25) is 0 Å². The van der Waals surface area contributed by atoms with Crippen molar-refractivity contribution in [2.75, 3.05) is 0 Å². The summed E-state index contributed by atoms with van der Waals surface area (Å²) >= 11 is 3.51. The molecule has 1 aliphatic heterocycles. The molecule has 0 spiro atoms. The lowest BCUT2D eigenvalue weighted by Crippen LogP contribution is -2.39. The minimum absolute atomic E-state index is 0.165. The molecule has 0 aromatic heterocycles. The number of likely N-dealkylation sites (tertiary alicyclic amines) is 1. The molecule has 3 heteroatoms. The smallest absolute Gasteiger partial charge is 0.255 e. The SMILES string of the molecule is CCC1CCC(C)N1C(=O)c1ccc(C)cc1Br. The van der Waals surface area contributed by atoms with Crippen molar-refractivity contribution in [1.82, 2.24) is 4.90 Å². The van der Waals surface area contributed by atoms with Crippen LogP contribution in [-0.2, 0) is 0 Å². The highest BCUT2D eigenvalue weighted by Crippen LogP contribution is 2.30. The standard InChI is InChI=1S/C15H20BrNO/c1-4-12-7-6-11(3)17(12)15(18)13-8-5-10(2)9-14(13)16/h5,8-9,11-12H,4,6-7H2,1-3H3. The number of nitrogens with zero attached hydrogens (tertiary/aromatic N) is 1. The lowest BCUT2D eigenvalue weighted by Gasteiger charge is -2.28. The zero-order chi connectivity index (χ0) is 13.3. The first kappa shape index (κ1) is 13.6. The van der Waals surface area contributed by atoms with E-state index in [4.69, 9.17) is 0 Å². The Bertz CT molecular complexity index is 458. The van der Waals surface area contributed by atoms with E-state index in [0.717, 1.165) is 29.3 Å². The van der Waals surface area contributed by atoms with Crippen LogP contribution in [0.15, 0.2) is 22.7 Å². The average molecular weight is 310 g/mol. The van der Waals surface area contributed by atoms with Crippen LogP contribution in [0.5, 0.6) is 0 Å². The fourth-order valence-electron chi connectivity index (χ4n) is 2.77. The van der Waals surface area contributed by atoms with Gasteiger partial charge in [-0.15, -0.1) is 0 Å². The molecular weight excluding hydrogens is 290 g/mol. The van der Waals surface area contributed by atoms with E-state index in [1.807, 2.05) is 25.1 Å². The van der Waals surface area contributed by atoms with Gasteiger partial charge in [0.2, 0.25) is 0 Å². The normalized spacial score (nSPS) is 23.4. The van der Waals surface area contributed by atoms with Gasteiger partial charge in [-0.3, -0.25) is 4.79 Å². The van der Waals surface area contributed by atoms with Gasteiger partial charge in [-0.05, 0) is 66.7 Å². The number of carbonyl (C=O) groups is 1. The summed E-state index contributed by atoms with van der Waals surface area (Å²) in [7, 11) is 0. The summed E-state index contributed by atoms with van der Waals surface area (Å²) in [5, 5.41) is 0. The monoisotopic (exact) mass is 309 g/mol. The van der Waals surface area contributed by atoms with Crippen molar-refractivity contribution in [1.29, 1.82) is 0 Å². The van der Waals surface area contributed by atoms with Crippen LogP contribution in [0.3, 0.4) is 0 Å². The number of halogens is 1. The summed E-state index contributed by atoms with van der Waals surface area (Å²) < 4.78 is 0.904. The lowest BCUT2D eigenvalue weighted by molar-refractivity contribution is 0.0675. The second-order valence-corrected chi connectivity index (χ2v) is 6.04. The Hall–Kier alpha value is -0.830. The highest BCUT2D eigenvalue weighted by Gasteiger charge is 2.34. The second kappa shape index (κ2) is 5.43. The molecular formula is C15H20BrNO. The van der Waals surface area contributed by atoms with Crippen LogP contribution in [0, 0.1) is 6.92 Å². The van der Waals surface area contributed by atoms with Crippen molar-refractivity contribution in [2.45, 2.75) is 52.1 Å². The van der Waals surface area contributed by atoms with Gasteiger partial charge in [-0.2, -0.15) is 0 Å². The summed E-state index contributed by atoms with van der Waals surface area (Å²) in [6.07, 6.45) is 3.29. The maximum absolute atomic E-state index is 12.7. The Balaban J connectivity index is 2.30. The van der Waals surface area contributed by atoms with E-state index in [1.165, 1.54) is 5.56 Å². The van der Waals surface area contributed by atoms with Gasteiger partial charge < -0.3 is 4.90 Å². The van der Waals surface area contributed by atoms with E-state index >= 15 is 0 Å². The molecule has 2 atom stereocenters. The third kappa shape index (κ3) is 2.46. The Kier molecular flexibility index (Phi) is 4.10. The highest BCUT2D eigenvalue weighted by molar-refractivity contribution is 9.10. The van der Waals surface area contributed by atoms with Crippen LogP contribution in [0.1, 0.15) is 49.0 Å². The maximum Gasteiger partial charge on any atom is 0.255 e. The molecule has 0 aliphatic carbocycles. The molecule has 1 amide bonds. The molecule has 0 bridgehead atoms. The highest BCUT2D eigenvalue weighted by atomic mass is 79.9. The number of aryl methyl sites for hydroxylation is 1. The first-order valence-corrected chi connectivity index (χ1v) is 7.42. The van der Waals surface area contributed by atoms with Gasteiger partial charge in [0.05, 0.1) is 5.56 Å². The summed E-state index contributed by atoms with van der Waals surface area (Å²) in [6.45, 7) is 6.34. The first-order valence-electron chi connectivity index (χ1n) is 6.63. The summed E-state index contributed by atoms with van der Waals surface area (Å²) in [5.74, 6) is 0.165. The molecule has 1 heterocycles. The predicted octanol–water partition coefficient (Wildman–Crippen LogP) is 4.16. The topological polar surface area (TPSA) is 20.3 Å². The Morgan fingerprint density at radius 3 is 2.78 bits per heavy atom. The summed E-state index contributed by atoms with van der Waals surface area (Å²) in [5.41, 5.74) is 1.95. The quantitative estimate of drug-likeness (QED) is 0.803. The fraction of sp³-hybridized carbons (Fsp3) is 0.533. The summed E-state index contributed by atoms with van der Waals surface area (Å²) in [6, 6.07) is 6.70. The van der Waals surface area contributed by atoms with Gasteiger partial charge in [-0.1, -0.05) is 13.0 Å². The molecule has 2 rings (SSSR count). The van der Waals surface area contributed by atoms with Crippen molar-refractivity contribution in [3.63, 3.8) is 0 Å². The van der Waals surface area contributed by atoms with Crippen molar-refractivity contribution >= 4 is 21.8 Å². The minimum Gasteiger partial charge on any atom is -0.333 e. The number of rotatable bonds is 2. The van der Waals surface area contributed by atoms with Crippen molar-refractivity contribution in [3.05, 3.63) is 33.8 Å². The molecule has 0 saturated carbocycles. The zero-order valence-corrected chi connectivity index (χ0v) is 12.8. The average Bonchev–Trinajstić information content (AvgIpc) is 2.69.